The molecule has 0 rings (SSSR count). The lowest BCUT2D eigenvalue weighted by Gasteiger charge is -2.10. The Balaban J connectivity index is 3.25. The molecular formula is C42H87O2PS2. The summed E-state index contributed by atoms with van der Waals surface area (Å²) >= 11 is 2.67. The summed E-state index contributed by atoms with van der Waals surface area (Å²) in [6, 6.07) is 0. The van der Waals surface area contributed by atoms with Gasteiger partial charge in [-0.05, 0) is 12.8 Å². The van der Waals surface area contributed by atoms with Gasteiger partial charge in [-0.2, -0.15) is 0 Å². The van der Waals surface area contributed by atoms with E-state index >= 15 is 0 Å². The molecule has 0 saturated carbocycles. The van der Waals surface area contributed by atoms with Crippen LogP contribution in [-0.4, -0.2) is 16.4 Å². The Kier molecular flexibility index (Phi) is 42.1. The van der Waals surface area contributed by atoms with Crippen LogP contribution in [0.25, 0.3) is 0 Å². The van der Waals surface area contributed by atoms with Crippen molar-refractivity contribution in [2.24, 2.45) is 0 Å². The largest absolute Gasteiger partial charge is 0.329 e. The highest BCUT2D eigenvalue weighted by atomic mass is 33.1. The van der Waals surface area contributed by atoms with Gasteiger partial charge in [0, 0.05) is 11.5 Å². The smallest absolute Gasteiger partial charge is 0.310 e. The molecule has 47 heavy (non-hydrogen) atoms. The lowest BCUT2D eigenvalue weighted by molar-refractivity contribution is 0.514. The van der Waals surface area contributed by atoms with Gasteiger partial charge in [-0.1, -0.05) is 268 Å². The molecule has 0 radical (unpaired) electrons. The predicted molar refractivity (Wildman–Crippen MR) is 222 cm³/mol. The molecule has 0 bridgehead atoms. The van der Waals surface area contributed by atoms with E-state index < -0.39 is 5.77 Å². The third-order valence-corrected chi connectivity index (χ3v) is 16.6. The second-order valence-electron chi connectivity index (χ2n) is 14.9. The Morgan fingerprint density at radius 2 is 0.447 bits per heavy atom. The molecule has 0 amide bonds. The molecule has 1 N–H and O–H groups in total. The Morgan fingerprint density at radius 3 is 0.617 bits per heavy atom. The molecule has 0 atom stereocenters. The van der Waals surface area contributed by atoms with E-state index in [1.165, 1.54) is 254 Å². The molecule has 0 spiro atoms. The van der Waals surface area contributed by atoms with E-state index in [1.807, 2.05) is 0 Å². The first-order valence-electron chi connectivity index (χ1n) is 21.7. The van der Waals surface area contributed by atoms with E-state index in [4.69, 9.17) is 0 Å². The van der Waals surface area contributed by atoms with Gasteiger partial charge < -0.3 is 4.89 Å². The maximum absolute atomic E-state index is 12.5. The predicted octanol–water partition coefficient (Wildman–Crippen LogP) is 17.4. The second kappa shape index (κ2) is 41.3. The zero-order valence-electron chi connectivity index (χ0n) is 32.4. The zero-order valence-corrected chi connectivity index (χ0v) is 34.9. The van der Waals surface area contributed by atoms with Crippen molar-refractivity contribution in [2.75, 3.05) is 11.5 Å². The molecule has 0 aromatic heterocycles. The summed E-state index contributed by atoms with van der Waals surface area (Å²) in [4.78, 5) is 10.3. The molecule has 0 fully saturated rings. The minimum absolute atomic E-state index is 0.846. The van der Waals surface area contributed by atoms with E-state index in [-0.39, 0.29) is 0 Å². The van der Waals surface area contributed by atoms with Gasteiger partial charge in [0.15, 0.2) is 0 Å². The number of rotatable bonds is 42. The van der Waals surface area contributed by atoms with Crippen molar-refractivity contribution >= 4 is 28.5 Å². The summed E-state index contributed by atoms with van der Waals surface area (Å²) in [5.41, 5.74) is 0. The van der Waals surface area contributed by atoms with Crippen molar-refractivity contribution in [1.82, 2.24) is 0 Å². The maximum atomic E-state index is 12.5. The van der Waals surface area contributed by atoms with Crippen LogP contribution in [-0.2, 0) is 4.57 Å². The molecule has 0 aliphatic carbocycles. The fourth-order valence-corrected chi connectivity index (χ4v) is 12.4. The van der Waals surface area contributed by atoms with Crippen LogP contribution in [0.1, 0.15) is 258 Å². The van der Waals surface area contributed by atoms with Crippen molar-refractivity contribution in [1.29, 1.82) is 0 Å². The quantitative estimate of drug-likeness (QED) is 0.0504. The second-order valence-corrected chi connectivity index (χ2v) is 22.3. The normalized spacial score (nSPS) is 12.0. The van der Waals surface area contributed by atoms with Crippen molar-refractivity contribution < 1.29 is 9.46 Å². The van der Waals surface area contributed by atoms with Crippen molar-refractivity contribution in [3.63, 3.8) is 0 Å². The molecule has 0 aromatic carbocycles. The monoisotopic (exact) mass is 719 g/mol. The van der Waals surface area contributed by atoms with Crippen LogP contribution in [0.5, 0.6) is 0 Å². The summed E-state index contributed by atoms with van der Waals surface area (Å²) in [6.45, 7) is 4.59. The summed E-state index contributed by atoms with van der Waals surface area (Å²) in [7, 11) is 0. The van der Waals surface area contributed by atoms with Crippen LogP contribution in [0.4, 0.5) is 0 Å². The fraction of sp³-hybridized carbons (Fsp3) is 1.00. The Bertz CT molecular complexity index is 569. The van der Waals surface area contributed by atoms with Crippen LogP contribution in [0.15, 0.2) is 0 Å². The minimum atomic E-state index is -3.05. The van der Waals surface area contributed by atoms with Crippen molar-refractivity contribution in [3.05, 3.63) is 0 Å². The standard InChI is InChI=1S/C42H87O2PS2/c1-3-5-7-9-11-13-15-17-19-21-23-25-27-29-31-33-35-37-39-41-46-45(43,44)47-42-40-38-36-34-32-30-28-26-24-22-20-18-16-14-12-10-8-6-4-2/h3-42H2,1-2H3,(H,43,44). The van der Waals surface area contributed by atoms with Gasteiger partial charge in [-0.3, -0.25) is 4.57 Å². The summed E-state index contributed by atoms with van der Waals surface area (Å²) in [5, 5.41) is 0. The van der Waals surface area contributed by atoms with Crippen LogP contribution < -0.4 is 0 Å². The van der Waals surface area contributed by atoms with Crippen LogP contribution in [0.2, 0.25) is 0 Å². The third kappa shape index (κ3) is 43.0. The lowest BCUT2D eigenvalue weighted by atomic mass is 10.0. The Labute approximate surface area is 306 Å². The SMILES string of the molecule is CCCCCCCCCCCCCCCCCCCCCSP(=O)(O)SCCCCCCCCCCCCCCCCCCCCC. The van der Waals surface area contributed by atoms with Crippen molar-refractivity contribution in [2.45, 2.75) is 258 Å². The van der Waals surface area contributed by atoms with E-state index in [9.17, 15) is 9.46 Å². The van der Waals surface area contributed by atoms with Gasteiger partial charge in [0.25, 0.3) is 0 Å². The topological polar surface area (TPSA) is 37.3 Å². The highest BCUT2D eigenvalue weighted by Gasteiger charge is 2.18. The first kappa shape index (κ1) is 47.9. The first-order chi connectivity index (χ1) is 23.1. The number of unbranched alkanes of at least 4 members (excludes halogenated alkanes) is 36. The number of hydrogen-bond donors (Lipinski definition) is 1. The molecular weight excluding hydrogens is 632 g/mol. The Hall–Kier alpha value is 0.890. The van der Waals surface area contributed by atoms with E-state index in [0.29, 0.717) is 0 Å². The molecule has 0 aliphatic heterocycles. The Morgan fingerprint density at radius 1 is 0.298 bits per heavy atom. The molecule has 0 unspecified atom stereocenters. The zero-order chi connectivity index (χ0) is 34.2. The van der Waals surface area contributed by atoms with Gasteiger partial charge in [0.05, 0.1) is 0 Å². The van der Waals surface area contributed by atoms with Crippen molar-refractivity contribution in [3.8, 4) is 0 Å². The summed E-state index contributed by atoms with van der Waals surface area (Å²) in [6.07, 6.45) is 52.8. The molecule has 0 aliphatic rings. The number of hydrogen-bond acceptors (Lipinski definition) is 3. The molecule has 0 heterocycles. The average molecular weight is 719 g/mol. The van der Waals surface area contributed by atoms with Gasteiger partial charge in [0.2, 0.25) is 0 Å². The van der Waals surface area contributed by atoms with E-state index in [2.05, 4.69) is 13.8 Å². The van der Waals surface area contributed by atoms with Crippen LogP contribution in [0.3, 0.4) is 0 Å². The molecule has 0 saturated heterocycles. The van der Waals surface area contributed by atoms with Gasteiger partial charge in [-0.25, -0.2) is 0 Å². The minimum Gasteiger partial charge on any atom is -0.329 e. The molecule has 0 aromatic rings. The molecule has 2 nitrogen and oxygen atoms in total. The van der Waals surface area contributed by atoms with Crippen LogP contribution >= 0.6 is 28.5 Å². The third-order valence-electron chi connectivity index (χ3n) is 10.0. The average Bonchev–Trinajstić information content (AvgIpc) is 3.06. The summed E-state index contributed by atoms with van der Waals surface area (Å²) < 4.78 is 12.5. The maximum Gasteiger partial charge on any atom is 0.310 e. The van der Waals surface area contributed by atoms with Gasteiger partial charge >= 0.3 is 5.77 Å². The molecule has 284 valence electrons. The van der Waals surface area contributed by atoms with E-state index in [1.54, 1.807) is 0 Å². The highest BCUT2D eigenvalue weighted by Crippen LogP contribution is 2.65. The van der Waals surface area contributed by atoms with Crippen LogP contribution in [0, 0.1) is 0 Å². The first-order valence-corrected chi connectivity index (χ1v) is 26.6. The lowest BCUT2D eigenvalue weighted by Crippen LogP contribution is -1.86. The van der Waals surface area contributed by atoms with Gasteiger partial charge in [-0.15, -0.1) is 0 Å². The van der Waals surface area contributed by atoms with Gasteiger partial charge in [0.1, 0.15) is 0 Å². The summed E-state index contributed by atoms with van der Waals surface area (Å²) in [5.74, 6) is -1.35. The van der Waals surface area contributed by atoms with E-state index in [0.717, 1.165) is 24.3 Å². The molecule has 5 heteroatoms. The highest BCUT2D eigenvalue weighted by molar-refractivity contribution is 8.88. The fourth-order valence-electron chi connectivity index (χ4n) is 6.76.